The van der Waals surface area contributed by atoms with Gasteiger partial charge in [0.05, 0.1) is 6.54 Å². The van der Waals surface area contributed by atoms with E-state index in [1.807, 2.05) is 5.32 Å². The number of carbonyl (C=O) groups excluding carboxylic acids is 3. The van der Waals surface area contributed by atoms with Crippen molar-refractivity contribution in [3.05, 3.63) is 35.9 Å². The fraction of sp³-hybridized carbons (Fsp3) is 0.591. The Kier molecular flexibility index (Phi) is 9.41. The van der Waals surface area contributed by atoms with Crippen LogP contribution in [0.5, 0.6) is 0 Å². The first kappa shape index (κ1) is 27.1. The van der Waals surface area contributed by atoms with E-state index < -0.39 is 54.3 Å². The summed E-state index contributed by atoms with van der Waals surface area (Å²) >= 11 is 0. The minimum Gasteiger partial charge on any atom is -0.458 e. The van der Waals surface area contributed by atoms with Crippen LogP contribution in [0, 0.1) is 0 Å². The predicted octanol–water partition coefficient (Wildman–Crippen LogP) is 4.17. The van der Waals surface area contributed by atoms with Crippen molar-refractivity contribution in [1.29, 1.82) is 0 Å². The SMILES string of the molecule is CC(C)(C)OC(=O)NCC(F)(F)CC(NC(=O)OCc1ccccc1)C(=O)OC(C)(C)C. The zero-order valence-corrected chi connectivity index (χ0v) is 19.3. The Bertz CT molecular complexity index is 773. The molecule has 1 rings (SSSR count). The molecule has 0 aliphatic rings. The summed E-state index contributed by atoms with van der Waals surface area (Å²) in [7, 11) is 0. The molecule has 0 aliphatic carbocycles. The van der Waals surface area contributed by atoms with Crippen molar-refractivity contribution in [2.24, 2.45) is 0 Å². The van der Waals surface area contributed by atoms with Crippen LogP contribution in [0.4, 0.5) is 18.4 Å². The fourth-order valence-electron chi connectivity index (χ4n) is 2.36. The van der Waals surface area contributed by atoms with Crippen molar-refractivity contribution in [2.75, 3.05) is 6.54 Å². The molecule has 0 saturated heterocycles. The Labute approximate surface area is 187 Å². The second-order valence-electron chi connectivity index (χ2n) is 9.21. The van der Waals surface area contributed by atoms with Crippen molar-refractivity contribution in [3.8, 4) is 0 Å². The third-order valence-electron chi connectivity index (χ3n) is 3.59. The van der Waals surface area contributed by atoms with Crippen LogP contribution < -0.4 is 10.6 Å². The highest BCUT2D eigenvalue weighted by Gasteiger charge is 2.39. The number of hydrogen-bond acceptors (Lipinski definition) is 6. The number of hydrogen-bond donors (Lipinski definition) is 2. The molecular formula is C22H32F2N2O6. The van der Waals surface area contributed by atoms with Crippen LogP contribution in [-0.4, -0.2) is 47.9 Å². The van der Waals surface area contributed by atoms with E-state index in [-0.39, 0.29) is 6.61 Å². The number of esters is 1. The molecular weight excluding hydrogens is 426 g/mol. The molecule has 0 radical (unpaired) electrons. The number of amides is 2. The zero-order valence-electron chi connectivity index (χ0n) is 19.3. The number of rotatable bonds is 8. The lowest BCUT2D eigenvalue weighted by Crippen LogP contribution is -2.49. The van der Waals surface area contributed by atoms with Crippen LogP contribution in [0.15, 0.2) is 30.3 Å². The standard InChI is InChI=1S/C22H32F2N2O6/c1-20(2,3)31-17(27)16(26-19(29)30-13-15-10-8-7-9-11-15)12-22(23,24)14-25-18(28)32-21(4,5)6/h7-11,16H,12-14H2,1-6H3,(H,25,28)(H,26,29). The Morgan fingerprint density at radius 3 is 2.00 bits per heavy atom. The Morgan fingerprint density at radius 2 is 1.47 bits per heavy atom. The molecule has 0 saturated carbocycles. The van der Waals surface area contributed by atoms with Crippen molar-refractivity contribution < 1.29 is 37.4 Å². The lowest BCUT2D eigenvalue weighted by atomic mass is 10.1. The molecule has 8 nitrogen and oxygen atoms in total. The van der Waals surface area contributed by atoms with Crippen LogP contribution in [0.2, 0.25) is 0 Å². The Balaban J connectivity index is 2.78. The number of nitrogens with one attached hydrogen (secondary N) is 2. The maximum atomic E-state index is 14.5. The van der Waals surface area contributed by atoms with Crippen LogP contribution in [-0.2, 0) is 25.6 Å². The van der Waals surface area contributed by atoms with E-state index in [9.17, 15) is 23.2 Å². The summed E-state index contributed by atoms with van der Waals surface area (Å²) < 4.78 is 44.1. The maximum absolute atomic E-state index is 14.5. The summed E-state index contributed by atoms with van der Waals surface area (Å²) in [4.78, 5) is 36.2. The normalized spacial score (nSPS) is 13.0. The van der Waals surface area contributed by atoms with Gasteiger partial charge in [0.15, 0.2) is 0 Å². The molecule has 180 valence electrons. The number of alkyl halides is 2. The highest BCUT2D eigenvalue weighted by Crippen LogP contribution is 2.22. The average Bonchev–Trinajstić information content (AvgIpc) is 2.62. The van der Waals surface area contributed by atoms with Gasteiger partial charge >= 0.3 is 18.2 Å². The number of ether oxygens (including phenoxy) is 3. The van der Waals surface area contributed by atoms with Crippen LogP contribution >= 0.6 is 0 Å². The van der Waals surface area contributed by atoms with Gasteiger partial charge in [-0.15, -0.1) is 0 Å². The molecule has 10 heteroatoms. The largest absolute Gasteiger partial charge is 0.458 e. The molecule has 0 heterocycles. The second kappa shape index (κ2) is 11.1. The van der Waals surface area contributed by atoms with Crippen molar-refractivity contribution >= 4 is 18.2 Å². The number of benzene rings is 1. The lowest BCUT2D eigenvalue weighted by Gasteiger charge is -2.27. The summed E-state index contributed by atoms with van der Waals surface area (Å²) in [5, 5.41) is 4.10. The van der Waals surface area contributed by atoms with E-state index in [0.29, 0.717) is 5.56 Å². The molecule has 0 spiro atoms. The van der Waals surface area contributed by atoms with E-state index in [4.69, 9.17) is 14.2 Å². The molecule has 1 atom stereocenters. The summed E-state index contributed by atoms with van der Waals surface area (Å²) in [5.41, 5.74) is -1.14. The van der Waals surface area contributed by atoms with Gasteiger partial charge in [0, 0.05) is 6.42 Å². The maximum Gasteiger partial charge on any atom is 0.408 e. The monoisotopic (exact) mass is 458 g/mol. The molecule has 1 aromatic carbocycles. The first-order valence-electron chi connectivity index (χ1n) is 10.1. The van der Waals surface area contributed by atoms with E-state index in [0.717, 1.165) is 0 Å². The van der Waals surface area contributed by atoms with Gasteiger partial charge in [-0.3, -0.25) is 0 Å². The molecule has 0 aliphatic heterocycles. The van der Waals surface area contributed by atoms with Crippen LogP contribution in [0.25, 0.3) is 0 Å². The van der Waals surface area contributed by atoms with Crippen LogP contribution in [0.1, 0.15) is 53.5 Å². The first-order valence-corrected chi connectivity index (χ1v) is 10.1. The summed E-state index contributed by atoms with van der Waals surface area (Å²) in [6.45, 7) is 8.27. The van der Waals surface area contributed by atoms with Gasteiger partial charge in [-0.05, 0) is 47.1 Å². The van der Waals surface area contributed by atoms with Gasteiger partial charge in [-0.1, -0.05) is 30.3 Å². The van der Waals surface area contributed by atoms with E-state index in [2.05, 4.69) is 5.32 Å². The highest BCUT2D eigenvalue weighted by atomic mass is 19.3. The minimum atomic E-state index is -3.55. The van der Waals surface area contributed by atoms with Crippen LogP contribution in [0.3, 0.4) is 0 Å². The number of carbonyl (C=O) groups is 3. The van der Waals surface area contributed by atoms with Gasteiger partial charge in [0.1, 0.15) is 23.9 Å². The summed E-state index contributed by atoms with van der Waals surface area (Å²) in [6.07, 6.45) is -3.19. The average molecular weight is 459 g/mol. The Morgan fingerprint density at radius 1 is 0.906 bits per heavy atom. The van der Waals surface area contributed by atoms with E-state index in [1.165, 1.54) is 0 Å². The highest BCUT2D eigenvalue weighted by molar-refractivity contribution is 5.81. The van der Waals surface area contributed by atoms with E-state index >= 15 is 0 Å². The lowest BCUT2D eigenvalue weighted by molar-refractivity contribution is -0.160. The van der Waals surface area contributed by atoms with Gasteiger partial charge in [-0.25, -0.2) is 23.2 Å². The van der Waals surface area contributed by atoms with Crippen molar-refractivity contribution in [2.45, 2.75) is 77.7 Å². The molecule has 0 fully saturated rings. The third-order valence-corrected chi connectivity index (χ3v) is 3.59. The quantitative estimate of drug-likeness (QED) is 0.448. The Hall–Kier alpha value is -2.91. The van der Waals surface area contributed by atoms with Crippen molar-refractivity contribution in [1.82, 2.24) is 10.6 Å². The van der Waals surface area contributed by atoms with Crippen molar-refractivity contribution in [3.63, 3.8) is 0 Å². The topological polar surface area (TPSA) is 103 Å². The minimum absolute atomic E-state index is 0.107. The van der Waals surface area contributed by atoms with Gasteiger partial charge < -0.3 is 24.8 Å². The third kappa shape index (κ3) is 12.1. The summed E-state index contributed by atoms with van der Waals surface area (Å²) in [6, 6.07) is 7.02. The molecule has 0 bridgehead atoms. The zero-order chi connectivity index (χ0) is 24.6. The summed E-state index contributed by atoms with van der Waals surface area (Å²) in [5.74, 6) is -4.60. The van der Waals surface area contributed by atoms with E-state index in [1.54, 1.807) is 71.9 Å². The van der Waals surface area contributed by atoms with Gasteiger partial charge in [0.2, 0.25) is 0 Å². The number of alkyl carbamates (subject to hydrolysis) is 2. The molecule has 2 N–H and O–H groups in total. The molecule has 1 unspecified atom stereocenters. The predicted molar refractivity (Wildman–Crippen MR) is 113 cm³/mol. The molecule has 0 aromatic heterocycles. The molecule has 32 heavy (non-hydrogen) atoms. The fourth-order valence-corrected chi connectivity index (χ4v) is 2.36. The first-order chi connectivity index (χ1) is 14.6. The number of halogens is 2. The van der Waals surface area contributed by atoms with Gasteiger partial charge in [0.25, 0.3) is 5.92 Å². The smallest absolute Gasteiger partial charge is 0.408 e. The second-order valence-corrected chi connectivity index (χ2v) is 9.21. The molecule has 2 amide bonds. The van der Waals surface area contributed by atoms with Gasteiger partial charge in [-0.2, -0.15) is 0 Å². The molecule has 1 aromatic rings.